The number of nitrogens with zero attached hydrogens (tertiary/aromatic N) is 2. The molecule has 1 aliphatic heterocycles. The van der Waals surface area contributed by atoms with Gasteiger partial charge in [0.25, 0.3) is 11.6 Å². The van der Waals surface area contributed by atoms with E-state index >= 15 is 0 Å². The number of benzene rings is 3. The number of esters is 2. The number of hydrogen-bond donors (Lipinski definition) is 3. The summed E-state index contributed by atoms with van der Waals surface area (Å²) in [4.78, 5) is 66.2. The number of carbonyl (C=O) groups excluding carboxylic acids is 4. The monoisotopic (exact) mass is 658 g/mol. The smallest absolute Gasteiger partial charge is 0.336 e. The van der Waals surface area contributed by atoms with Gasteiger partial charge in [-0.3, -0.25) is 29.5 Å². The van der Waals surface area contributed by atoms with E-state index in [2.05, 4.69) is 15.6 Å². The first kappa shape index (κ1) is 34.8. The zero-order valence-electron chi connectivity index (χ0n) is 26.4. The predicted molar refractivity (Wildman–Crippen MR) is 174 cm³/mol. The summed E-state index contributed by atoms with van der Waals surface area (Å²) < 4.78 is 16.6. The third-order valence-corrected chi connectivity index (χ3v) is 7.28. The Labute approximate surface area is 275 Å². The first-order valence-electron chi connectivity index (χ1n) is 14.9. The summed E-state index contributed by atoms with van der Waals surface area (Å²) >= 11 is 0. The van der Waals surface area contributed by atoms with E-state index in [0.717, 1.165) is 0 Å². The first-order valence-corrected chi connectivity index (χ1v) is 14.9. The number of carbonyl (C=O) groups is 4. The van der Waals surface area contributed by atoms with Crippen molar-refractivity contribution in [2.75, 3.05) is 31.7 Å². The van der Waals surface area contributed by atoms with E-state index in [4.69, 9.17) is 14.2 Å². The molecule has 1 unspecified atom stereocenters. The third-order valence-electron chi connectivity index (χ3n) is 7.28. The van der Waals surface area contributed by atoms with Crippen molar-refractivity contribution < 1.29 is 43.4 Å². The van der Waals surface area contributed by atoms with Crippen LogP contribution in [0.15, 0.2) is 89.1 Å². The number of nitro benzene ring substituents is 1. The van der Waals surface area contributed by atoms with Crippen molar-refractivity contribution in [3.8, 4) is 11.5 Å². The topological polar surface area (TPSA) is 196 Å². The molecule has 3 aromatic carbocycles. The van der Waals surface area contributed by atoms with Crippen molar-refractivity contribution >= 4 is 40.8 Å². The molecule has 0 bridgehead atoms. The number of phenols is 1. The largest absolute Gasteiger partial charge is 0.507 e. The Morgan fingerprint density at radius 2 is 1.67 bits per heavy atom. The summed E-state index contributed by atoms with van der Waals surface area (Å²) in [5.74, 6) is -4.26. The molecule has 48 heavy (non-hydrogen) atoms. The van der Waals surface area contributed by atoms with Crippen LogP contribution < -0.4 is 15.4 Å². The summed E-state index contributed by atoms with van der Waals surface area (Å²) in [6, 6.07) is 18.2. The highest BCUT2D eigenvalue weighted by Gasteiger charge is 2.43. The standard InChI is InChI=1S/C34H34N4O10/c1-20-29(33(42)47-16-15-35-32(41)27-9-4-5-10-28(27)40)31(23-7-6-8-25(19-23)38(44)45)30(21(2)36-20)34(43)48-18-17-46-26-13-11-24(12-14-26)37-22(3)39/h4-14,19,29,31,40H,15-18H2,1-3H3,(H,35,41)(H,37,39)/t29?,31-/m1/s1. The maximum Gasteiger partial charge on any atom is 0.336 e. The summed E-state index contributed by atoms with van der Waals surface area (Å²) in [5, 5.41) is 26.7. The maximum atomic E-state index is 13.5. The summed E-state index contributed by atoms with van der Waals surface area (Å²) in [7, 11) is 0. The van der Waals surface area contributed by atoms with Crippen molar-refractivity contribution in [1.29, 1.82) is 0 Å². The van der Waals surface area contributed by atoms with Crippen LogP contribution in [0.1, 0.15) is 42.6 Å². The second-order valence-electron chi connectivity index (χ2n) is 10.7. The van der Waals surface area contributed by atoms with E-state index in [0.29, 0.717) is 22.7 Å². The number of nitrogens with one attached hydrogen (secondary N) is 2. The summed E-state index contributed by atoms with van der Waals surface area (Å²) in [6.45, 7) is 4.06. The van der Waals surface area contributed by atoms with E-state index < -0.39 is 34.6 Å². The van der Waals surface area contributed by atoms with Gasteiger partial charge in [0.15, 0.2) is 0 Å². The minimum absolute atomic E-state index is 0.0146. The van der Waals surface area contributed by atoms with Gasteiger partial charge < -0.3 is 30.0 Å². The van der Waals surface area contributed by atoms with Crippen molar-refractivity contribution in [3.05, 3.63) is 105 Å². The molecule has 0 fully saturated rings. The van der Waals surface area contributed by atoms with Crippen LogP contribution in [0.3, 0.4) is 0 Å². The van der Waals surface area contributed by atoms with Gasteiger partial charge >= 0.3 is 11.9 Å². The number of hydrogen-bond acceptors (Lipinski definition) is 11. The Morgan fingerprint density at radius 3 is 2.35 bits per heavy atom. The number of rotatable bonds is 13. The molecule has 3 N–H and O–H groups in total. The van der Waals surface area contributed by atoms with E-state index in [1.807, 2.05) is 0 Å². The van der Waals surface area contributed by atoms with E-state index in [1.165, 1.54) is 37.3 Å². The van der Waals surface area contributed by atoms with Crippen molar-refractivity contribution in [1.82, 2.24) is 5.32 Å². The van der Waals surface area contributed by atoms with Gasteiger partial charge in [0, 0.05) is 42.1 Å². The van der Waals surface area contributed by atoms with Crippen LogP contribution in [0.25, 0.3) is 0 Å². The minimum atomic E-state index is -1.15. The number of anilines is 1. The molecule has 14 heteroatoms. The number of nitro groups is 1. The number of amides is 2. The zero-order valence-corrected chi connectivity index (χ0v) is 26.4. The van der Waals surface area contributed by atoms with Gasteiger partial charge in [0.1, 0.15) is 37.2 Å². The molecule has 250 valence electrons. The SMILES string of the molecule is CC(=O)Nc1ccc(OCCOC(=O)C2=C(C)N=C(C)C(C(=O)OCCNC(=O)c3ccccc3O)[C@H]2c2cccc([N+](=O)[O-])c2)cc1. The minimum Gasteiger partial charge on any atom is -0.507 e. The lowest BCUT2D eigenvalue weighted by Gasteiger charge is -2.31. The maximum absolute atomic E-state index is 13.5. The predicted octanol–water partition coefficient (Wildman–Crippen LogP) is 4.30. The van der Waals surface area contributed by atoms with Crippen LogP contribution in [0.2, 0.25) is 0 Å². The van der Waals surface area contributed by atoms with Gasteiger partial charge in [-0.1, -0.05) is 24.3 Å². The van der Waals surface area contributed by atoms with Gasteiger partial charge in [-0.25, -0.2) is 4.79 Å². The van der Waals surface area contributed by atoms with Crippen molar-refractivity contribution in [2.24, 2.45) is 10.9 Å². The van der Waals surface area contributed by atoms with Crippen LogP contribution in [0, 0.1) is 16.0 Å². The van der Waals surface area contributed by atoms with E-state index in [1.54, 1.807) is 56.3 Å². The third kappa shape index (κ3) is 8.81. The molecule has 2 amide bonds. The lowest BCUT2D eigenvalue weighted by Crippen LogP contribution is -2.38. The lowest BCUT2D eigenvalue weighted by atomic mass is 9.75. The number of para-hydroxylation sites is 1. The molecule has 0 saturated carbocycles. The number of phenolic OH excluding ortho intramolecular Hbond substituents is 1. The molecule has 3 aromatic rings. The molecule has 0 saturated heterocycles. The average molecular weight is 659 g/mol. The lowest BCUT2D eigenvalue weighted by molar-refractivity contribution is -0.384. The quantitative estimate of drug-likeness (QED) is 0.103. The molecule has 0 aromatic heterocycles. The normalized spacial score (nSPS) is 15.5. The second-order valence-corrected chi connectivity index (χ2v) is 10.7. The summed E-state index contributed by atoms with van der Waals surface area (Å²) in [6.07, 6.45) is 0. The van der Waals surface area contributed by atoms with E-state index in [9.17, 15) is 34.4 Å². The van der Waals surface area contributed by atoms with Gasteiger partial charge in [-0.2, -0.15) is 0 Å². The average Bonchev–Trinajstić information content (AvgIpc) is 3.05. The number of aromatic hydroxyl groups is 1. The molecular formula is C34H34N4O10. The Kier molecular flexibility index (Phi) is 11.6. The van der Waals surface area contributed by atoms with Crippen molar-refractivity contribution in [2.45, 2.75) is 26.7 Å². The van der Waals surface area contributed by atoms with Gasteiger partial charge in [0.05, 0.1) is 22.6 Å². The molecule has 4 rings (SSSR count). The highest BCUT2D eigenvalue weighted by molar-refractivity contribution is 6.07. The fraction of sp³-hybridized carbons (Fsp3) is 0.265. The fourth-order valence-corrected chi connectivity index (χ4v) is 5.18. The van der Waals surface area contributed by atoms with Gasteiger partial charge in [-0.15, -0.1) is 0 Å². The number of ether oxygens (including phenoxy) is 3. The molecule has 1 heterocycles. The Morgan fingerprint density at radius 1 is 0.938 bits per heavy atom. The zero-order chi connectivity index (χ0) is 34.8. The number of allylic oxidation sites excluding steroid dienone is 1. The number of aliphatic imine (C=N–C) groups is 1. The summed E-state index contributed by atoms with van der Waals surface area (Å²) in [5.41, 5.74) is 1.31. The van der Waals surface area contributed by atoms with Crippen LogP contribution in [-0.4, -0.2) is 65.9 Å². The molecular weight excluding hydrogens is 624 g/mol. The molecule has 0 aliphatic carbocycles. The molecule has 0 spiro atoms. The van der Waals surface area contributed by atoms with Gasteiger partial charge in [-0.05, 0) is 55.8 Å². The van der Waals surface area contributed by atoms with Crippen LogP contribution in [-0.2, 0) is 23.9 Å². The first-order chi connectivity index (χ1) is 23.0. The highest BCUT2D eigenvalue weighted by Crippen LogP contribution is 2.41. The van der Waals surface area contributed by atoms with E-state index in [-0.39, 0.29) is 60.5 Å². The number of non-ortho nitro benzene ring substituents is 1. The molecule has 2 atom stereocenters. The molecule has 0 radical (unpaired) electrons. The Bertz CT molecular complexity index is 1770. The highest BCUT2D eigenvalue weighted by atomic mass is 16.6. The molecule has 14 nitrogen and oxygen atoms in total. The van der Waals surface area contributed by atoms with Crippen LogP contribution in [0.4, 0.5) is 11.4 Å². The Hall–Kier alpha value is -6.05. The fourth-order valence-electron chi connectivity index (χ4n) is 5.18. The van der Waals surface area contributed by atoms with Crippen molar-refractivity contribution in [3.63, 3.8) is 0 Å². The van der Waals surface area contributed by atoms with Crippen LogP contribution in [0.5, 0.6) is 11.5 Å². The van der Waals surface area contributed by atoms with Crippen LogP contribution >= 0.6 is 0 Å². The molecule has 1 aliphatic rings. The second kappa shape index (κ2) is 16.0. The Balaban J connectivity index is 1.47. The van der Waals surface area contributed by atoms with Gasteiger partial charge in [0.2, 0.25) is 5.91 Å².